The first-order valence-electron chi connectivity index (χ1n) is 6.92. The lowest BCUT2D eigenvalue weighted by Gasteiger charge is -2.13. The van der Waals surface area contributed by atoms with Crippen LogP contribution in [-0.2, 0) is 6.42 Å². The van der Waals surface area contributed by atoms with Crippen molar-refractivity contribution in [3.8, 4) is 5.75 Å². The molecule has 0 aliphatic heterocycles. The molecule has 6 heteroatoms. The van der Waals surface area contributed by atoms with Gasteiger partial charge in [0, 0.05) is 5.69 Å². The molecule has 2 heterocycles. The van der Waals surface area contributed by atoms with Crippen LogP contribution in [0.15, 0.2) is 24.3 Å². The molecule has 0 bridgehead atoms. The van der Waals surface area contributed by atoms with E-state index in [1.165, 1.54) is 0 Å². The second-order valence-electron chi connectivity index (χ2n) is 5.31. The van der Waals surface area contributed by atoms with Gasteiger partial charge in [-0.2, -0.15) is 9.97 Å². The van der Waals surface area contributed by atoms with Gasteiger partial charge in [-0.3, -0.25) is 0 Å². The zero-order valence-electron chi connectivity index (χ0n) is 12.5. The summed E-state index contributed by atoms with van der Waals surface area (Å²) in [5.74, 6) is 0.726. The molecule has 5 N–H and O–H groups in total. The monoisotopic (exact) mass is 295 g/mol. The first kappa shape index (κ1) is 14.1. The molecule has 1 aromatic carbocycles. The Morgan fingerprint density at radius 2 is 1.68 bits per heavy atom. The number of rotatable bonds is 2. The quantitative estimate of drug-likeness (QED) is 0.667. The Morgan fingerprint density at radius 3 is 2.36 bits per heavy atom. The Morgan fingerprint density at radius 1 is 1.00 bits per heavy atom. The number of hydrogen-bond acceptors (Lipinski definition) is 6. The molecule has 0 amide bonds. The highest BCUT2D eigenvalue weighted by Gasteiger charge is 2.14. The van der Waals surface area contributed by atoms with E-state index in [0.717, 1.165) is 27.8 Å². The first-order chi connectivity index (χ1) is 10.5. The highest BCUT2D eigenvalue weighted by atomic mass is 16.3. The number of aromatic hydroxyl groups is 1. The van der Waals surface area contributed by atoms with Gasteiger partial charge in [0.15, 0.2) is 5.65 Å². The van der Waals surface area contributed by atoms with Crippen LogP contribution >= 0.6 is 0 Å². The number of nitrogens with zero attached hydrogens (tertiary/aromatic N) is 3. The number of aryl methyl sites for hydroxylation is 2. The number of fused-ring (bicyclic) bond motifs is 1. The summed E-state index contributed by atoms with van der Waals surface area (Å²) in [6, 6.07) is 7.13. The number of phenolic OH excluding ortho intramolecular Hbond substituents is 1. The summed E-state index contributed by atoms with van der Waals surface area (Å²) >= 11 is 0. The fourth-order valence-electron chi connectivity index (χ4n) is 2.65. The number of hydrogen-bond donors (Lipinski definition) is 3. The molecule has 2 aromatic heterocycles. The molecule has 0 saturated heterocycles. The predicted molar refractivity (Wildman–Crippen MR) is 86.5 cm³/mol. The SMILES string of the molecule is Cc1nc2nc(N)nc(N)c2c(C)c1Cc1ccc(O)cc1. The molecule has 3 rings (SSSR count). The van der Waals surface area contributed by atoms with Crippen molar-refractivity contribution >= 4 is 22.8 Å². The standard InChI is InChI=1S/C16H17N5O/c1-8-12(7-10-3-5-11(22)6-4-10)9(2)19-15-13(8)14(17)20-16(18)21-15/h3-6,22H,7H2,1-2H3,(H4,17,18,19,20,21). The van der Waals surface area contributed by atoms with Crippen molar-refractivity contribution in [2.24, 2.45) is 0 Å². The van der Waals surface area contributed by atoms with Crippen LogP contribution in [0.3, 0.4) is 0 Å². The van der Waals surface area contributed by atoms with Crippen molar-refractivity contribution in [2.45, 2.75) is 20.3 Å². The summed E-state index contributed by atoms with van der Waals surface area (Å²) < 4.78 is 0. The van der Waals surface area contributed by atoms with Crippen molar-refractivity contribution in [2.75, 3.05) is 11.5 Å². The predicted octanol–water partition coefficient (Wildman–Crippen LogP) is 2.10. The molecule has 0 fully saturated rings. The maximum atomic E-state index is 9.38. The van der Waals surface area contributed by atoms with Gasteiger partial charge in [-0.1, -0.05) is 12.1 Å². The Hall–Kier alpha value is -2.89. The Balaban J connectivity index is 2.15. The summed E-state index contributed by atoms with van der Waals surface area (Å²) in [7, 11) is 0. The van der Waals surface area contributed by atoms with Gasteiger partial charge < -0.3 is 16.6 Å². The summed E-state index contributed by atoms with van der Waals surface area (Å²) in [4.78, 5) is 12.7. The van der Waals surface area contributed by atoms with E-state index in [2.05, 4.69) is 15.0 Å². The summed E-state index contributed by atoms with van der Waals surface area (Å²) in [5.41, 5.74) is 16.2. The van der Waals surface area contributed by atoms with Crippen molar-refractivity contribution in [3.05, 3.63) is 46.6 Å². The number of phenols is 1. The molecule has 0 saturated carbocycles. The fourth-order valence-corrected chi connectivity index (χ4v) is 2.65. The average molecular weight is 295 g/mol. The molecule has 0 radical (unpaired) electrons. The minimum atomic E-state index is 0.127. The second-order valence-corrected chi connectivity index (χ2v) is 5.31. The van der Waals surface area contributed by atoms with E-state index in [1.54, 1.807) is 12.1 Å². The number of nitrogens with two attached hydrogens (primary N) is 2. The van der Waals surface area contributed by atoms with E-state index in [4.69, 9.17) is 11.5 Å². The number of benzene rings is 1. The fraction of sp³-hybridized carbons (Fsp3) is 0.188. The third-order valence-electron chi connectivity index (χ3n) is 3.79. The molecular weight excluding hydrogens is 278 g/mol. The molecule has 0 aliphatic carbocycles. The van der Waals surface area contributed by atoms with Crippen molar-refractivity contribution in [1.29, 1.82) is 0 Å². The average Bonchev–Trinajstić information content (AvgIpc) is 2.44. The van der Waals surface area contributed by atoms with Crippen LogP contribution in [-0.4, -0.2) is 20.1 Å². The highest BCUT2D eigenvalue weighted by Crippen LogP contribution is 2.27. The van der Waals surface area contributed by atoms with Crippen LogP contribution in [0.2, 0.25) is 0 Å². The van der Waals surface area contributed by atoms with Crippen molar-refractivity contribution < 1.29 is 5.11 Å². The van der Waals surface area contributed by atoms with Gasteiger partial charge in [0.2, 0.25) is 5.95 Å². The van der Waals surface area contributed by atoms with Gasteiger partial charge in [-0.25, -0.2) is 4.98 Å². The minimum absolute atomic E-state index is 0.127. The van der Waals surface area contributed by atoms with Gasteiger partial charge in [0.05, 0.1) is 5.39 Å². The zero-order chi connectivity index (χ0) is 15.9. The summed E-state index contributed by atoms with van der Waals surface area (Å²) in [6.45, 7) is 3.93. The maximum absolute atomic E-state index is 9.38. The minimum Gasteiger partial charge on any atom is -0.508 e. The molecule has 22 heavy (non-hydrogen) atoms. The van der Waals surface area contributed by atoms with E-state index in [0.29, 0.717) is 17.9 Å². The topological polar surface area (TPSA) is 111 Å². The first-order valence-corrected chi connectivity index (χ1v) is 6.92. The number of nitrogen functional groups attached to an aromatic ring is 2. The van der Waals surface area contributed by atoms with Crippen LogP contribution in [0, 0.1) is 13.8 Å². The van der Waals surface area contributed by atoms with Crippen LogP contribution in [0.4, 0.5) is 11.8 Å². The lowest BCUT2D eigenvalue weighted by atomic mass is 9.97. The normalized spacial score (nSPS) is 11.0. The molecule has 3 aromatic rings. The molecule has 6 nitrogen and oxygen atoms in total. The summed E-state index contributed by atoms with van der Waals surface area (Å²) in [6.07, 6.45) is 0.699. The molecular formula is C16H17N5O. The third kappa shape index (κ3) is 2.39. The Labute approximate surface area is 127 Å². The lowest BCUT2D eigenvalue weighted by molar-refractivity contribution is 0.475. The van der Waals surface area contributed by atoms with Crippen molar-refractivity contribution in [3.63, 3.8) is 0 Å². The van der Waals surface area contributed by atoms with Crippen LogP contribution in [0.5, 0.6) is 5.75 Å². The molecule has 0 spiro atoms. The van der Waals surface area contributed by atoms with Crippen LogP contribution in [0.1, 0.15) is 22.4 Å². The molecule has 112 valence electrons. The molecule has 0 unspecified atom stereocenters. The summed E-state index contributed by atoms with van der Waals surface area (Å²) in [5, 5.41) is 10.1. The van der Waals surface area contributed by atoms with Gasteiger partial charge in [0.1, 0.15) is 11.6 Å². The van der Waals surface area contributed by atoms with E-state index in [-0.39, 0.29) is 11.7 Å². The molecule has 0 atom stereocenters. The van der Waals surface area contributed by atoms with E-state index < -0.39 is 0 Å². The Kier molecular flexibility index (Phi) is 3.29. The van der Waals surface area contributed by atoms with Crippen LogP contribution in [0.25, 0.3) is 11.0 Å². The zero-order valence-corrected chi connectivity index (χ0v) is 12.5. The van der Waals surface area contributed by atoms with Crippen LogP contribution < -0.4 is 11.5 Å². The smallest absolute Gasteiger partial charge is 0.224 e. The van der Waals surface area contributed by atoms with E-state index in [1.807, 2.05) is 26.0 Å². The van der Waals surface area contributed by atoms with E-state index in [9.17, 15) is 5.11 Å². The van der Waals surface area contributed by atoms with E-state index >= 15 is 0 Å². The Bertz CT molecular complexity index is 859. The third-order valence-corrected chi connectivity index (χ3v) is 3.79. The van der Waals surface area contributed by atoms with Gasteiger partial charge >= 0.3 is 0 Å². The number of pyridine rings is 1. The molecule has 0 aliphatic rings. The van der Waals surface area contributed by atoms with Gasteiger partial charge in [-0.15, -0.1) is 0 Å². The lowest BCUT2D eigenvalue weighted by Crippen LogP contribution is -2.07. The maximum Gasteiger partial charge on any atom is 0.224 e. The van der Waals surface area contributed by atoms with Crippen molar-refractivity contribution in [1.82, 2.24) is 15.0 Å². The van der Waals surface area contributed by atoms with Gasteiger partial charge in [0.25, 0.3) is 0 Å². The van der Waals surface area contributed by atoms with Gasteiger partial charge in [-0.05, 0) is 49.1 Å². The largest absolute Gasteiger partial charge is 0.508 e. The highest BCUT2D eigenvalue weighted by molar-refractivity contribution is 5.90. The number of aromatic nitrogens is 3. The number of anilines is 2. The second kappa shape index (κ2) is 5.14.